The van der Waals surface area contributed by atoms with Gasteiger partial charge in [-0.2, -0.15) is 0 Å². The number of nitrogens with one attached hydrogen (secondary N) is 2. The smallest absolute Gasteiger partial charge is 0.279 e. The maximum atomic E-state index is 11.6. The van der Waals surface area contributed by atoms with Crippen molar-refractivity contribution in [2.45, 2.75) is 0 Å². The van der Waals surface area contributed by atoms with Crippen LogP contribution in [0.2, 0.25) is 15.1 Å². The minimum atomic E-state index is -0.549. The maximum absolute atomic E-state index is 11.6. The van der Waals surface area contributed by atoms with E-state index in [1.165, 1.54) is 23.5 Å². The molecule has 9 heteroatoms. The van der Waals surface area contributed by atoms with Crippen LogP contribution in [0.4, 0.5) is 0 Å². The maximum Gasteiger partial charge on any atom is 0.279 e. The predicted octanol–water partition coefficient (Wildman–Crippen LogP) is 3.55. The van der Waals surface area contributed by atoms with Gasteiger partial charge in [-0.3, -0.25) is 20.4 Å². The molecule has 22 heavy (non-hydrogen) atoms. The van der Waals surface area contributed by atoms with Gasteiger partial charge < -0.3 is 4.74 Å². The van der Waals surface area contributed by atoms with Crippen molar-refractivity contribution in [3.63, 3.8) is 0 Å². The first-order valence-electron chi connectivity index (χ1n) is 5.87. The van der Waals surface area contributed by atoms with Crippen LogP contribution in [-0.2, 0) is 4.79 Å². The fourth-order valence-electron chi connectivity index (χ4n) is 1.39. The molecule has 0 bridgehead atoms. The van der Waals surface area contributed by atoms with Crippen molar-refractivity contribution >= 4 is 58.0 Å². The molecule has 0 aliphatic rings. The number of rotatable bonds is 4. The van der Waals surface area contributed by atoms with E-state index in [4.69, 9.17) is 39.5 Å². The van der Waals surface area contributed by atoms with Gasteiger partial charge in [0, 0.05) is 6.07 Å². The largest absolute Gasteiger partial charge is 0.482 e. The Morgan fingerprint density at radius 3 is 2.50 bits per heavy atom. The lowest BCUT2D eigenvalue weighted by Crippen LogP contribution is -2.43. The first-order valence-corrected chi connectivity index (χ1v) is 7.88. The summed E-state index contributed by atoms with van der Waals surface area (Å²) < 4.78 is 5.22. The highest BCUT2D eigenvalue weighted by atomic mass is 35.5. The molecule has 2 amide bonds. The number of amides is 2. The Labute approximate surface area is 145 Å². The van der Waals surface area contributed by atoms with Crippen LogP contribution >= 0.6 is 46.1 Å². The van der Waals surface area contributed by atoms with E-state index in [0.717, 1.165) is 0 Å². The molecule has 116 valence electrons. The molecule has 0 saturated carbocycles. The zero-order chi connectivity index (χ0) is 16.1. The third kappa shape index (κ3) is 4.51. The second-order valence-electron chi connectivity index (χ2n) is 3.97. The van der Waals surface area contributed by atoms with Crippen molar-refractivity contribution in [2.24, 2.45) is 0 Å². The molecule has 0 unspecified atom stereocenters. The van der Waals surface area contributed by atoms with Gasteiger partial charge in [0.05, 0.1) is 19.9 Å². The molecule has 0 radical (unpaired) electrons. The van der Waals surface area contributed by atoms with Crippen LogP contribution in [0.3, 0.4) is 0 Å². The Bertz CT molecular complexity index is 692. The number of benzene rings is 1. The van der Waals surface area contributed by atoms with Gasteiger partial charge in [0.1, 0.15) is 5.75 Å². The average Bonchev–Trinajstić information content (AvgIpc) is 3.01. The van der Waals surface area contributed by atoms with Crippen LogP contribution in [0.1, 0.15) is 9.67 Å². The summed E-state index contributed by atoms with van der Waals surface area (Å²) >= 11 is 18.8. The zero-order valence-corrected chi connectivity index (χ0v) is 13.9. The van der Waals surface area contributed by atoms with Gasteiger partial charge in [-0.25, -0.2) is 0 Å². The minimum Gasteiger partial charge on any atom is -0.482 e. The van der Waals surface area contributed by atoms with E-state index in [1.807, 2.05) is 0 Å². The molecule has 1 heterocycles. The predicted molar refractivity (Wildman–Crippen MR) is 86.9 cm³/mol. The lowest BCUT2D eigenvalue weighted by atomic mass is 10.3. The van der Waals surface area contributed by atoms with Crippen LogP contribution < -0.4 is 15.6 Å². The van der Waals surface area contributed by atoms with E-state index >= 15 is 0 Å². The second kappa shape index (κ2) is 7.69. The topological polar surface area (TPSA) is 67.4 Å². The first kappa shape index (κ1) is 16.9. The average molecular weight is 380 g/mol. The standard InChI is InChI=1S/C13H9Cl3N2O3S/c14-7-4-9(16)10(5-8(7)15)21-6-12(19)17-18-13(20)11-2-1-3-22-11/h1-5H,6H2,(H,17,19)(H,18,20). The van der Waals surface area contributed by atoms with Gasteiger partial charge in [0.25, 0.3) is 11.8 Å². The van der Waals surface area contributed by atoms with Crippen molar-refractivity contribution in [1.82, 2.24) is 10.9 Å². The molecule has 1 aromatic heterocycles. The van der Waals surface area contributed by atoms with Gasteiger partial charge in [0.2, 0.25) is 0 Å². The summed E-state index contributed by atoms with van der Waals surface area (Å²) in [6.45, 7) is -0.345. The summed E-state index contributed by atoms with van der Waals surface area (Å²) in [4.78, 5) is 23.7. The van der Waals surface area contributed by atoms with Crippen LogP contribution in [0.15, 0.2) is 29.6 Å². The molecule has 2 rings (SSSR count). The third-order valence-electron chi connectivity index (χ3n) is 2.39. The number of hydrogen-bond acceptors (Lipinski definition) is 4. The molecule has 5 nitrogen and oxygen atoms in total. The van der Waals surface area contributed by atoms with Crippen molar-refractivity contribution in [1.29, 1.82) is 0 Å². The quantitative estimate of drug-likeness (QED) is 0.630. The summed E-state index contributed by atoms with van der Waals surface area (Å²) in [5, 5.41) is 2.52. The highest BCUT2D eigenvalue weighted by Gasteiger charge is 2.11. The van der Waals surface area contributed by atoms with E-state index in [1.54, 1.807) is 17.5 Å². The normalized spacial score (nSPS) is 10.1. The molecular formula is C13H9Cl3N2O3S. The van der Waals surface area contributed by atoms with Crippen LogP contribution in [0, 0.1) is 0 Å². The zero-order valence-electron chi connectivity index (χ0n) is 10.9. The number of ether oxygens (including phenoxy) is 1. The molecule has 0 aliphatic carbocycles. The van der Waals surface area contributed by atoms with Gasteiger partial charge >= 0.3 is 0 Å². The summed E-state index contributed by atoms with van der Waals surface area (Å²) in [6, 6.07) is 6.19. The summed E-state index contributed by atoms with van der Waals surface area (Å²) in [6.07, 6.45) is 0. The Hall–Kier alpha value is -1.47. The van der Waals surface area contributed by atoms with Gasteiger partial charge in [0.15, 0.2) is 6.61 Å². The number of thiophene rings is 1. The Morgan fingerprint density at radius 2 is 1.82 bits per heavy atom. The fraction of sp³-hybridized carbons (Fsp3) is 0.0769. The monoisotopic (exact) mass is 378 g/mol. The molecule has 2 aromatic rings. The number of hydrogen-bond donors (Lipinski definition) is 2. The highest BCUT2D eigenvalue weighted by Crippen LogP contribution is 2.33. The van der Waals surface area contributed by atoms with E-state index in [0.29, 0.717) is 4.88 Å². The van der Waals surface area contributed by atoms with Crippen molar-refractivity contribution < 1.29 is 14.3 Å². The lowest BCUT2D eigenvalue weighted by molar-refractivity contribution is -0.123. The van der Waals surface area contributed by atoms with Crippen LogP contribution in [-0.4, -0.2) is 18.4 Å². The number of hydrazine groups is 1. The molecule has 2 N–H and O–H groups in total. The molecule has 0 atom stereocenters. The van der Waals surface area contributed by atoms with Crippen molar-refractivity contribution in [3.05, 3.63) is 49.6 Å². The van der Waals surface area contributed by atoms with E-state index in [-0.39, 0.29) is 27.4 Å². The van der Waals surface area contributed by atoms with Crippen LogP contribution in [0.5, 0.6) is 5.75 Å². The molecule has 0 saturated heterocycles. The van der Waals surface area contributed by atoms with E-state index in [9.17, 15) is 9.59 Å². The van der Waals surface area contributed by atoms with E-state index < -0.39 is 11.8 Å². The third-order valence-corrected chi connectivity index (χ3v) is 4.28. The molecule has 0 fully saturated rings. The Kier molecular flexibility index (Phi) is 5.90. The first-order chi connectivity index (χ1) is 10.5. The van der Waals surface area contributed by atoms with Crippen molar-refractivity contribution in [3.8, 4) is 5.75 Å². The van der Waals surface area contributed by atoms with E-state index in [2.05, 4.69) is 10.9 Å². The lowest BCUT2D eigenvalue weighted by Gasteiger charge is -2.10. The van der Waals surface area contributed by atoms with Crippen LogP contribution in [0.25, 0.3) is 0 Å². The molecule has 0 spiro atoms. The molecule has 0 aliphatic heterocycles. The summed E-state index contributed by atoms with van der Waals surface area (Å²) in [5.41, 5.74) is 4.50. The molecular weight excluding hydrogens is 371 g/mol. The van der Waals surface area contributed by atoms with Gasteiger partial charge in [-0.15, -0.1) is 11.3 Å². The number of carbonyl (C=O) groups excluding carboxylic acids is 2. The second-order valence-corrected chi connectivity index (χ2v) is 6.13. The summed E-state index contributed by atoms with van der Waals surface area (Å²) in [7, 11) is 0. The van der Waals surface area contributed by atoms with Gasteiger partial charge in [-0.1, -0.05) is 40.9 Å². The van der Waals surface area contributed by atoms with Crippen molar-refractivity contribution in [2.75, 3.05) is 6.61 Å². The SMILES string of the molecule is O=C(COc1cc(Cl)c(Cl)cc1Cl)NNC(=O)c1cccs1. The summed E-state index contributed by atoms with van der Waals surface area (Å²) in [5.74, 6) is -0.737. The number of halogens is 3. The minimum absolute atomic E-state index is 0.218. The number of carbonyl (C=O) groups is 2. The molecule has 1 aromatic carbocycles. The highest BCUT2D eigenvalue weighted by molar-refractivity contribution is 7.12. The Morgan fingerprint density at radius 1 is 1.09 bits per heavy atom. The Balaban J connectivity index is 1.83. The van der Waals surface area contributed by atoms with Gasteiger partial charge in [-0.05, 0) is 17.5 Å². The fourth-order valence-corrected chi connectivity index (χ4v) is 2.60.